The third kappa shape index (κ3) is 10.7. The molecule has 0 saturated carbocycles. The fraction of sp³-hybridized carbons (Fsp3) is 0.318. The summed E-state index contributed by atoms with van der Waals surface area (Å²) >= 11 is 0. The molecular weight excluding hydrogens is 702 g/mol. The molecule has 1 aromatic heterocycles. The molecule has 55 heavy (non-hydrogen) atoms. The minimum absolute atomic E-state index is 0.0315. The molecule has 0 radical (unpaired) electrons. The molecule has 0 amide bonds. The van der Waals surface area contributed by atoms with Crippen LogP contribution in [0.5, 0.6) is 23.0 Å². The minimum Gasteiger partial charge on any atom is -0.426 e. The van der Waals surface area contributed by atoms with Crippen molar-refractivity contribution in [3.63, 3.8) is 0 Å². The molecule has 0 bridgehead atoms. The van der Waals surface area contributed by atoms with Crippen LogP contribution in [0.4, 0.5) is 0 Å². The van der Waals surface area contributed by atoms with Gasteiger partial charge < -0.3 is 23.4 Å². The summed E-state index contributed by atoms with van der Waals surface area (Å²) in [6.45, 7) is 8.02. The van der Waals surface area contributed by atoms with E-state index in [9.17, 15) is 24.0 Å². The van der Waals surface area contributed by atoms with Crippen LogP contribution in [0.2, 0.25) is 0 Å². The molecule has 5 rings (SSSR count). The number of fused-ring (bicyclic) bond motifs is 1. The number of rotatable bonds is 17. The number of hydrogen-bond donors (Lipinski definition) is 0. The monoisotopic (exact) mass is 747 g/mol. The second-order valence-electron chi connectivity index (χ2n) is 13.2. The van der Waals surface area contributed by atoms with E-state index in [0.29, 0.717) is 29.9 Å². The van der Waals surface area contributed by atoms with Crippen LogP contribution in [0, 0.1) is 11.8 Å². The maximum atomic E-state index is 13.3. The van der Waals surface area contributed by atoms with E-state index in [0.717, 1.165) is 38.5 Å². The van der Waals surface area contributed by atoms with Crippen LogP contribution >= 0.6 is 0 Å². The first-order valence-electron chi connectivity index (χ1n) is 18.7. The van der Waals surface area contributed by atoms with E-state index < -0.39 is 17.6 Å². The molecule has 5 aromatic rings. The Morgan fingerprint density at radius 3 is 1.53 bits per heavy atom. The lowest BCUT2D eigenvalue weighted by Gasteiger charge is -2.14. The number of aromatic nitrogens is 1. The predicted octanol–water partition coefficient (Wildman–Crippen LogP) is 9.54. The first-order valence-corrected chi connectivity index (χ1v) is 18.7. The Bertz CT molecular complexity index is 2070. The second kappa shape index (κ2) is 19.3. The summed E-state index contributed by atoms with van der Waals surface area (Å²) in [5.74, 6) is -2.11. The molecule has 0 N–H and O–H groups in total. The van der Waals surface area contributed by atoms with Crippen molar-refractivity contribution in [2.45, 2.75) is 79.1 Å². The Morgan fingerprint density at radius 1 is 0.600 bits per heavy atom. The number of ether oxygens (including phenoxy) is 4. The van der Waals surface area contributed by atoms with E-state index in [1.54, 1.807) is 24.3 Å². The van der Waals surface area contributed by atoms with Gasteiger partial charge in [-0.05, 0) is 98.5 Å². The predicted molar refractivity (Wildman–Crippen MR) is 206 cm³/mol. The molecule has 11 nitrogen and oxygen atoms in total. The Hall–Kier alpha value is -6.10. The van der Waals surface area contributed by atoms with Crippen molar-refractivity contribution in [2.75, 3.05) is 0 Å². The van der Waals surface area contributed by atoms with Crippen LogP contribution in [0.3, 0.4) is 0 Å². The number of carbonyl (C=O) groups excluding carboxylic acids is 4. The van der Waals surface area contributed by atoms with Gasteiger partial charge in [0, 0.05) is 11.6 Å². The van der Waals surface area contributed by atoms with Crippen molar-refractivity contribution in [1.29, 1.82) is 0 Å². The van der Waals surface area contributed by atoms with Crippen LogP contribution in [0.25, 0.3) is 22.4 Å². The molecule has 4 aromatic carbocycles. The molecule has 1 heterocycles. The van der Waals surface area contributed by atoms with Crippen LogP contribution in [0.1, 0.15) is 99.8 Å². The summed E-state index contributed by atoms with van der Waals surface area (Å²) in [6.07, 6.45) is 6.63. The van der Waals surface area contributed by atoms with Crippen molar-refractivity contribution in [2.24, 2.45) is 11.8 Å². The lowest BCUT2D eigenvalue weighted by Crippen LogP contribution is -2.20. The average molecular weight is 748 g/mol. The van der Waals surface area contributed by atoms with Gasteiger partial charge in [-0.25, -0.2) is 19.4 Å². The van der Waals surface area contributed by atoms with Crippen molar-refractivity contribution in [3.8, 4) is 34.5 Å². The van der Waals surface area contributed by atoms with Crippen LogP contribution in [-0.2, 0) is 9.59 Å². The van der Waals surface area contributed by atoms with Gasteiger partial charge in [0.25, 0.3) is 0 Å². The Labute approximate surface area is 319 Å². The van der Waals surface area contributed by atoms with Crippen molar-refractivity contribution in [3.05, 3.63) is 113 Å². The van der Waals surface area contributed by atoms with Crippen LogP contribution in [-0.4, -0.2) is 28.9 Å². The first kappa shape index (κ1) is 40.1. The van der Waals surface area contributed by atoms with Crippen molar-refractivity contribution < 1.29 is 42.5 Å². The fourth-order valence-electron chi connectivity index (χ4n) is 5.88. The summed E-state index contributed by atoms with van der Waals surface area (Å²) < 4.78 is 28.0. The second-order valence-corrected chi connectivity index (χ2v) is 13.2. The lowest BCUT2D eigenvalue weighted by molar-refractivity contribution is -0.140. The van der Waals surface area contributed by atoms with Gasteiger partial charge in [-0.2, -0.15) is 0 Å². The van der Waals surface area contributed by atoms with Gasteiger partial charge in [0.05, 0.1) is 33.9 Å². The summed E-state index contributed by atoms with van der Waals surface area (Å²) in [4.78, 5) is 69.2. The number of esters is 4. The highest BCUT2D eigenvalue weighted by Gasteiger charge is 2.21. The molecule has 11 heteroatoms. The summed E-state index contributed by atoms with van der Waals surface area (Å²) in [7, 11) is 0. The van der Waals surface area contributed by atoms with E-state index in [-0.39, 0.29) is 63.2 Å². The normalized spacial score (nSPS) is 12.1. The van der Waals surface area contributed by atoms with Gasteiger partial charge in [0.15, 0.2) is 0 Å². The summed E-state index contributed by atoms with van der Waals surface area (Å²) in [5.41, 5.74) is 0.265. The molecule has 2 unspecified atom stereocenters. The molecule has 0 spiro atoms. The molecule has 2 atom stereocenters. The van der Waals surface area contributed by atoms with E-state index in [1.807, 2.05) is 13.8 Å². The van der Waals surface area contributed by atoms with Crippen molar-refractivity contribution in [1.82, 2.24) is 4.98 Å². The highest BCUT2D eigenvalue weighted by Crippen LogP contribution is 2.31. The Balaban J connectivity index is 1.36. The smallest absolute Gasteiger partial charge is 0.347 e. The van der Waals surface area contributed by atoms with Gasteiger partial charge >= 0.3 is 29.5 Å². The van der Waals surface area contributed by atoms with Crippen LogP contribution < -0.4 is 24.6 Å². The highest BCUT2D eigenvalue weighted by molar-refractivity contribution is 5.93. The van der Waals surface area contributed by atoms with Gasteiger partial charge in [-0.1, -0.05) is 65.5 Å². The molecule has 0 fully saturated rings. The zero-order valence-corrected chi connectivity index (χ0v) is 31.5. The largest absolute Gasteiger partial charge is 0.426 e. The Morgan fingerprint density at radius 2 is 1.07 bits per heavy atom. The van der Waals surface area contributed by atoms with Gasteiger partial charge in [-0.15, -0.1) is 0 Å². The maximum Gasteiger partial charge on any atom is 0.347 e. The standard InChI is InChI=1S/C44H45NO10/c1-5-9-13-28(7-3)40(46)51-33-21-17-30(18-22-33)42(48)53-35-25-32(39-45-38-16-12-11-15-37(38)44(50)55-39)26-36(27-35)54-43(49)31-19-23-34(24-20-31)52-41(47)29(8-4)14-10-6-2/h11-12,15-29H,5-10,13-14H2,1-4H3. The van der Waals surface area contributed by atoms with E-state index >= 15 is 0 Å². The molecular formula is C44H45NO10. The Kier molecular flexibility index (Phi) is 14.1. The number of para-hydroxylation sites is 1. The SMILES string of the molecule is CCCCC(CC)C(=O)Oc1ccc(C(=O)Oc2cc(OC(=O)c3ccc(OC(=O)C(CC)CCCC)cc3)cc(-c3nc4ccccc4c(=O)o3)c2)cc1. The quantitative estimate of drug-likeness (QED) is 0.0661. The molecule has 0 aliphatic rings. The van der Waals surface area contributed by atoms with E-state index in [2.05, 4.69) is 18.8 Å². The topological polar surface area (TPSA) is 148 Å². The molecule has 0 saturated heterocycles. The fourth-order valence-corrected chi connectivity index (χ4v) is 5.88. The van der Waals surface area contributed by atoms with Gasteiger partial charge in [0.1, 0.15) is 23.0 Å². The number of hydrogen-bond acceptors (Lipinski definition) is 11. The summed E-state index contributed by atoms with van der Waals surface area (Å²) in [5, 5.41) is 0.279. The minimum atomic E-state index is -0.750. The summed E-state index contributed by atoms with van der Waals surface area (Å²) in [6, 6.07) is 22.8. The third-order valence-corrected chi connectivity index (χ3v) is 9.16. The molecule has 0 aliphatic heterocycles. The van der Waals surface area contributed by atoms with Gasteiger partial charge in [0.2, 0.25) is 5.89 Å². The number of carbonyl (C=O) groups is 4. The third-order valence-electron chi connectivity index (χ3n) is 9.16. The molecule has 286 valence electrons. The lowest BCUT2D eigenvalue weighted by atomic mass is 10.00. The average Bonchev–Trinajstić information content (AvgIpc) is 3.19. The first-order chi connectivity index (χ1) is 26.6. The van der Waals surface area contributed by atoms with Crippen molar-refractivity contribution >= 4 is 34.8 Å². The number of unbranched alkanes of at least 4 members (excludes halogenated alkanes) is 2. The zero-order chi connectivity index (χ0) is 39.3. The van der Waals surface area contributed by atoms with E-state index in [1.165, 1.54) is 66.7 Å². The number of nitrogens with zero attached hydrogens (tertiary/aromatic N) is 1. The highest BCUT2D eigenvalue weighted by atomic mass is 16.6. The van der Waals surface area contributed by atoms with Gasteiger partial charge in [-0.3, -0.25) is 9.59 Å². The number of benzene rings is 4. The molecule has 0 aliphatic carbocycles. The maximum absolute atomic E-state index is 13.3. The zero-order valence-electron chi connectivity index (χ0n) is 31.5. The van der Waals surface area contributed by atoms with Crippen LogP contribution in [0.15, 0.2) is 100 Å². The van der Waals surface area contributed by atoms with E-state index in [4.69, 9.17) is 23.4 Å².